The number of halogens is 1. The number of hydrogen-bond donors (Lipinski definition) is 0. The number of hydrogen-bond acceptors (Lipinski definition) is 2. The van der Waals surface area contributed by atoms with Crippen molar-refractivity contribution in [2.45, 2.75) is 13.5 Å². The van der Waals surface area contributed by atoms with Gasteiger partial charge in [0.05, 0.1) is 11.2 Å². The van der Waals surface area contributed by atoms with Gasteiger partial charge in [0.15, 0.2) is 0 Å². The Morgan fingerprint density at radius 1 is 1.04 bits per heavy atom. The van der Waals surface area contributed by atoms with Crippen molar-refractivity contribution in [3.63, 3.8) is 0 Å². The average molecular weight is 387 g/mol. The van der Waals surface area contributed by atoms with Crippen molar-refractivity contribution in [2.24, 2.45) is 0 Å². The second-order valence-electron chi connectivity index (χ2n) is 6.30. The Kier molecular flexibility index (Phi) is 5.27. The molecule has 24 heavy (non-hydrogen) atoms. The van der Waals surface area contributed by atoms with Gasteiger partial charge in [-0.2, -0.15) is 0 Å². The van der Waals surface area contributed by atoms with E-state index in [1.165, 1.54) is 22.2 Å². The molecule has 0 bridgehead atoms. The zero-order valence-electron chi connectivity index (χ0n) is 14.4. The van der Waals surface area contributed by atoms with Crippen LogP contribution in [0.3, 0.4) is 0 Å². The van der Waals surface area contributed by atoms with E-state index in [9.17, 15) is 0 Å². The summed E-state index contributed by atoms with van der Waals surface area (Å²) in [6.45, 7) is 4.59. The highest BCUT2D eigenvalue weighted by Crippen LogP contribution is 2.33. The summed E-state index contributed by atoms with van der Waals surface area (Å²) in [6.07, 6.45) is 0. The Morgan fingerprint density at radius 2 is 1.75 bits per heavy atom. The van der Waals surface area contributed by atoms with Crippen LogP contribution in [0.4, 0.5) is 0 Å². The van der Waals surface area contributed by atoms with E-state index in [-0.39, 0.29) is 0 Å². The Hall–Kier alpha value is -1.78. The molecule has 0 aliphatic rings. The van der Waals surface area contributed by atoms with Crippen LogP contribution in [0.15, 0.2) is 53.0 Å². The average Bonchev–Trinajstić information content (AvgIpc) is 2.82. The molecule has 3 aromatic rings. The van der Waals surface area contributed by atoms with Gasteiger partial charge in [-0.1, -0.05) is 40.2 Å². The predicted molar refractivity (Wildman–Crippen MR) is 104 cm³/mol. The Morgan fingerprint density at radius 3 is 2.46 bits per heavy atom. The summed E-state index contributed by atoms with van der Waals surface area (Å²) in [5.74, 6) is 1.00. The number of fused-ring (bicyclic) bond motifs is 1. The van der Waals surface area contributed by atoms with Crippen LogP contribution in [0.1, 0.15) is 11.3 Å². The van der Waals surface area contributed by atoms with Crippen molar-refractivity contribution in [3.8, 4) is 5.75 Å². The number of nitrogens with zero attached hydrogens (tertiary/aromatic N) is 2. The third kappa shape index (κ3) is 3.65. The molecule has 4 heteroatoms. The van der Waals surface area contributed by atoms with E-state index in [4.69, 9.17) is 4.74 Å². The van der Waals surface area contributed by atoms with E-state index in [0.717, 1.165) is 23.3 Å². The van der Waals surface area contributed by atoms with Crippen molar-refractivity contribution in [1.82, 2.24) is 9.47 Å². The van der Waals surface area contributed by atoms with Crippen LogP contribution in [-0.2, 0) is 6.54 Å². The first kappa shape index (κ1) is 17.1. The molecule has 1 heterocycles. The van der Waals surface area contributed by atoms with Gasteiger partial charge in [0, 0.05) is 22.9 Å². The second kappa shape index (κ2) is 7.41. The summed E-state index contributed by atoms with van der Waals surface area (Å²) in [7, 11) is 4.13. The van der Waals surface area contributed by atoms with E-state index in [2.05, 4.69) is 94.9 Å². The quantitative estimate of drug-likeness (QED) is 0.610. The lowest BCUT2D eigenvalue weighted by Gasteiger charge is -2.12. The normalized spacial score (nSPS) is 11.4. The minimum atomic E-state index is 0.695. The lowest BCUT2D eigenvalue weighted by Crippen LogP contribution is -2.19. The highest BCUT2D eigenvalue weighted by Gasteiger charge is 2.15. The molecule has 0 aliphatic carbocycles. The zero-order chi connectivity index (χ0) is 17.1. The van der Waals surface area contributed by atoms with Crippen LogP contribution in [0.2, 0.25) is 0 Å². The molecule has 0 atom stereocenters. The van der Waals surface area contributed by atoms with Gasteiger partial charge in [-0.05, 0) is 50.8 Å². The maximum Gasteiger partial charge on any atom is 0.147 e. The number of ether oxygens (including phenoxy) is 1. The first-order valence-electron chi connectivity index (χ1n) is 8.16. The number of para-hydroxylation sites is 1. The number of rotatable bonds is 6. The SMILES string of the molecule is Cc1c(OCCN(C)C)c2ccccc2n1Cc1ccc(Br)cc1. The highest BCUT2D eigenvalue weighted by atomic mass is 79.9. The van der Waals surface area contributed by atoms with Crippen LogP contribution in [0.5, 0.6) is 5.75 Å². The fourth-order valence-electron chi connectivity index (χ4n) is 2.89. The van der Waals surface area contributed by atoms with Crippen molar-refractivity contribution in [2.75, 3.05) is 27.2 Å². The highest BCUT2D eigenvalue weighted by molar-refractivity contribution is 9.10. The molecule has 0 radical (unpaired) electrons. The second-order valence-corrected chi connectivity index (χ2v) is 7.21. The first-order valence-corrected chi connectivity index (χ1v) is 8.95. The van der Waals surface area contributed by atoms with Crippen LogP contribution in [-0.4, -0.2) is 36.7 Å². The van der Waals surface area contributed by atoms with E-state index >= 15 is 0 Å². The van der Waals surface area contributed by atoms with Crippen LogP contribution in [0.25, 0.3) is 10.9 Å². The maximum atomic E-state index is 6.13. The van der Waals surface area contributed by atoms with Gasteiger partial charge in [-0.3, -0.25) is 0 Å². The van der Waals surface area contributed by atoms with Gasteiger partial charge in [0.25, 0.3) is 0 Å². The Bertz CT molecular complexity index is 822. The van der Waals surface area contributed by atoms with Crippen molar-refractivity contribution in [3.05, 3.63) is 64.3 Å². The van der Waals surface area contributed by atoms with E-state index in [0.29, 0.717) is 6.61 Å². The third-order valence-corrected chi connectivity index (χ3v) is 4.74. The topological polar surface area (TPSA) is 17.4 Å². The minimum absolute atomic E-state index is 0.695. The lowest BCUT2D eigenvalue weighted by molar-refractivity contribution is 0.262. The molecule has 0 saturated heterocycles. The summed E-state index contributed by atoms with van der Waals surface area (Å²) in [6, 6.07) is 17.0. The molecule has 0 N–H and O–H groups in total. The van der Waals surface area contributed by atoms with Gasteiger partial charge < -0.3 is 14.2 Å². The molecular formula is C20H23BrN2O. The van der Waals surface area contributed by atoms with Gasteiger partial charge in [0.1, 0.15) is 12.4 Å². The zero-order valence-corrected chi connectivity index (χ0v) is 16.0. The first-order chi connectivity index (χ1) is 11.6. The molecule has 0 unspecified atom stereocenters. The van der Waals surface area contributed by atoms with Crippen molar-refractivity contribution in [1.29, 1.82) is 0 Å². The van der Waals surface area contributed by atoms with E-state index in [1.807, 2.05) is 0 Å². The molecule has 126 valence electrons. The third-order valence-electron chi connectivity index (χ3n) is 4.21. The molecule has 0 amide bonds. The molecule has 1 aromatic heterocycles. The van der Waals surface area contributed by atoms with Crippen molar-refractivity contribution < 1.29 is 4.74 Å². The number of aromatic nitrogens is 1. The standard InChI is InChI=1S/C20H23BrN2O/c1-15-20(24-13-12-22(2)3)18-6-4-5-7-19(18)23(15)14-16-8-10-17(21)11-9-16/h4-11H,12-14H2,1-3H3. The molecular weight excluding hydrogens is 364 g/mol. The van der Waals surface area contributed by atoms with E-state index < -0.39 is 0 Å². The lowest BCUT2D eigenvalue weighted by atomic mass is 10.2. The summed E-state index contributed by atoms with van der Waals surface area (Å²) in [5, 5.41) is 1.19. The summed E-state index contributed by atoms with van der Waals surface area (Å²) >= 11 is 3.50. The largest absolute Gasteiger partial charge is 0.490 e. The molecule has 0 aliphatic heterocycles. The number of benzene rings is 2. The van der Waals surface area contributed by atoms with Crippen LogP contribution < -0.4 is 4.74 Å². The maximum absolute atomic E-state index is 6.13. The van der Waals surface area contributed by atoms with Crippen LogP contribution in [0, 0.1) is 6.92 Å². The predicted octanol–water partition coefficient (Wildman–Crippen LogP) is 4.70. The molecule has 0 fully saturated rings. The molecule has 3 rings (SSSR count). The molecule has 0 spiro atoms. The summed E-state index contributed by atoms with van der Waals surface area (Å²) < 4.78 is 9.57. The molecule has 2 aromatic carbocycles. The monoisotopic (exact) mass is 386 g/mol. The van der Waals surface area contributed by atoms with Gasteiger partial charge in [-0.15, -0.1) is 0 Å². The van der Waals surface area contributed by atoms with Crippen LogP contribution >= 0.6 is 15.9 Å². The Balaban J connectivity index is 1.95. The fourth-order valence-corrected chi connectivity index (χ4v) is 3.15. The van der Waals surface area contributed by atoms with Gasteiger partial charge in [0.2, 0.25) is 0 Å². The van der Waals surface area contributed by atoms with Gasteiger partial charge >= 0.3 is 0 Å². The molecule has 3 nitrogen and oxygen atoms in total. The molecule has 0 saturated carbocycles. The smallest absolute Gasteiger partial charge is 0.147 e. The minimum Gasteiger partial charge on any atom is -0.490 e. The summed E-state index contributed by atoms with van der Waals surface area (Å²) in [5.41, 5.74) is 3.68. The fraction of sp³-hybridized carbons (Fsp3) is 0.300. The van der Waals surface area contributed by atoms with E-state index in [1.54, 1.807) is 0 Å². The summed E-state index contributed by atoms with van der Waals surface area (Å²) in [4.78, 5) is 2.14. The van der Waals surface area contributed by atoms with Crippen molar-refractivity contribution >= 4 is 26.8 Å². The Labute approximate surface area is 152 Å². The van der Waals surface area contributed by atoms with Gasteiger partial charge in [-0.25, -0.2) is 0 Å². The number of likely N-dealkylation sites (N-methyl/N-ethyl adjacent to an activating group) is 1.